The summed E-state index contributed by atoms with van der Waals surface area (Å²) < 4.78 is 34.9. The second-order valence-electron chi connectivity index (χ2n) is 10.2. The van der Waals surface area contributed by atoms with Crippen LogP contribution in [0.15, 0.2) is 54.7 Å². The van der Waals surface area contributed by atoms with Gasteiger partial charge in [0.05, 0.1) is 12.5 Å². The van der Waals surface area contributed by atoms with E-state index in [4.69, 9.17) is 16.3 Å². The Bertz CT molecular complexity index is 1640. The highest BCUT2D eigenvalue weighted by Gasteiger charge is 2.26. The normalized spacial score (nSPS) is 18.2. The number of anilines is 1. The molecule has 2 fully saturated rings. The molecule has 0 bridgehead atoms. The Hall–Kier alpha value is -3.89. The van der Waals surface area contributed by atoms with E-state index in [1.54, 1.807) is 35.4 Å². The van der Waals surface area contributed by atoms with E-state index in [9.17, 15) is 9.18 Å². The number of alkyl halides is 1. The summed E-state index contributed by atoms with van der Waals surface area (Å²) in [5.41, 5.74) is 0.807. The molecule has 4 heterocycles. The molecule has 8 nitrogen and oxygen atoms in total. The van der Waals surface area contributed by atoms with Gasteiger partial charge >= 0.3 is 6.01 Å². The number of nitrogens with zero attached hydrogens (tertiary/aromatic N) is 6. The van der Waals surface area contributed by atoms with E-state index in [1.165, 1.54) is 7.11 Å². The highest BCUT2D eigenvalue weighted by atomic mass is 35.5. The zero-order chi connectivity index (χ0) is 28.5. The molecule has 0 spiro atoms. The van der Waals surface area contributed by atoms with E-state index in [2.05, 4.69) is 15.0 Å². The van der Waals surface area contributed by atoms with Crippen molar-refractivity contribution in [2.45, 2.75) is 12.6 Å². The highest BCUT2D eigenvalue weighted by molar-refractivity contribution is 6.36. The monoisotopic (exact) mass is 578 g/mol. The van der Waals surface area contributed by atoms with Crippen molar-refractivity contribution < 1.29 is 18.3 Å². The van der Waals surface area contributed by atoms with Gasteiger partial charge in [-0.3, -0.25) is 14.7 Å². The van der Waals surface area contributed by atoms with Crippen molar-refractivity contribution in [1.82, 2.24) is 24.8 Å². The van der Waals surface area contributed by atoms with E-state index in [0.29, 0.717) is 79.4 Å². The van der Waals surface area contributed by atoms with Crippen LogP contribution in [0.5, 0.6) is 6.01 Å². The number of aromatic nitrogens is 3. The van der Waals surface area contributed by atoms with E-state index in [-0.39, 0.29) is 23.1 Å². The maximum absolute atomic E-state index is 16.1. The molecule has 1 unspecified atom stereocenters. The summed E-state index contributed by atoms with van der Waals surface area (Å²) in [5, 5.41) is 2.55. The number of carbonyl (C=O) groups is 1. The van der Waals surface area contributed by atoms with Crippen LogP contribution in [0.2, 0.25) is 5.02 Å². The molecule has 2 aromatic heterocycles. The number of hydrogen-bond acceptors (Lipinski definition) is 7. The quantitative estimate of drug-likeness (QED) is 0.301. The zero-order valence-corrected chi connectivity index (χ0v) is 23.3. The Labute approximate surface area is 241 Å². The van der Waals surface area contributed by atoms with Crippen LogP contribution in [0.25, 0.3) is 32.9 Å². The van der Waals surface area contributed by atoms with Crippen LogP contribution in [0.3, 0.4) is 0 Å². The molecule has 0 N–H and O–H groups in total. The summed E-state index contributed by atoms with van der Waals surface area (Å²) in [6.07, 6.45) is 4.70. The Morgan fingerprint density at radius 2 is 1.90 bits per heavy atom. The van der Waals surface area contributed by atoms with Gasteiger partial charge < -0.3 is 14.5 Å². The van der Waals surface area contributed by atoms with Crippen LogP contribution >= 0.6 is 11.6 Å². The number of halogens is 3. The zero-order valence-electron chi connectivity index (χ0n) is 22.6. The molecule has 4 aromatic rings. The molecule has 1 amide bonds. The van der Waals surface area contributed by atoms with Crippen molar-refractivity contribution in [2.75, 3.05) is 57.8 Å². The van der Waals surface area contributed by atoms with E-state index in [0.717, 1.165) is 5.39 Å². The van der Waals surface area contributed by atoms with Gasteiger partial charge in [-0.05, 0) is 17.9 Å². The van der Waals surface area contributed by atoms with Gasteiger partial charge in [0.25, 0.3) is 0 Å². The molecule has 41 heavy (non-hydrogen) atoms. The number of methoxy groups -OCH3 is 1. The van der Waals surface area contributed by atoms with Crippen molar-refractivity contribution >= 4 is 45.0 Å². The molecule has 2 aromatic carbocycles. The molecule has 11 heteroatoms. The lowest BCUT2D eigenvalue weighted by Crippen LogP contribution is -2.48. The highest BCUT2D eigenvalue weighted by Crippen LogP contribution is 2.37. The summed E-state index contributed by atoms with van der Waals surface area (Å²) in [7, 11) is 1.44. The topological polar surface area (TPSA) is 74.7 Å². The Balaban J connectivity index is 1.25. The fraction of sp³-hybridized carbons (Fsp3) is 0.333. The van der Waals surface area contributed by atoms with E-state index in [1.807, 2.05) is 34.1 Å². The second-order valence-corrected chi connectivity index (χ2v) is 10.6. The smallest absolute Gasteiger partial charge is 0.318 e. The molecule has 2 aliphatic heterocycles. The molecule has 2 saturated heterocycles. The summed E-state index contributed by atoms with van der Waals surface area (Å²) in [6.45, 7) is 3.61. The standard InChI is InChI=1S/C30H29ClF2N6O2/c1-41-30-35-28-22(17-34-27(26(28)33)21-7-2-5-19-6-3-8-23(31)25(19)21)29(36-30)39-15-13-38(14-16-39)24(40)9-4-11-37-12-10-20(32)18-37/h2-9,17,20H,10-16,18H2,1H3/b9-4+. The van der Waals surface area contributed by atoms with Gasteiger partial charge in [-0.1, -0.05) is 48.0 Å². The van der Waals surface area contributed by atoms with Gasteiger partial charge in [-0.2, -0.15) is 9.97 Å². The largest absolute Gasteiger partial charge is 0.467 e. The fourth-order valence-corrected chi connectivity index (χ4v) is 5.82. The SMILES string of the molecule is COc1nc(N2CCN(C(=O)/C=C/CN3CCC(F)C3)CC2)c2cnc(-c3cccc4cccc(Cl)c34)c(F)c2n1. The minimum atomic E-state index is -0.782. The van der Waals surface area contributed by atoms with Gasteiger partial charge in [0.2, 0.25) is 5.91 Å². The number of pyridine rings is 1. The average molecular weight is 579 g/mol. The maximum atomic E-state index is 16.1. The first-order chi connectivity index (χ1) is 19.9. The molecule has 6 rings (SSSR count). The predicted molar refractivity (Wildman–Crippen MR) is 156 cm³/mol. The molecular formula is C30H29ClF2N6O2. The maximum Gasteiger partial charge on any atom is 0.318 e. The first kappa shape index (κ1) is 27.3. The number of benzene rings is 2. The van der Waals surface area contributed by atoms with Crippen molar-refractivity contribution in [3.8, 4) is 17.3 Å². The Kier molecular flexibility index (Phi) is 7.68. The third kappa shape index (κ3) is 5.41. The first-order valence-electron chi connectivity index (χ1n) is 13.6. The van der Waals surface area contributed by atoms with Gasteiger partial charge in [0, 0.05) is 74.1 Å². The molecule has 0 saturated carbocycles. The van der Waals surface area contributed by atoms with Gasteiger partial charge in [0.1, 0.15) is 23.2 Å². The van der Waals surface area contributed by atoms with Crippen molar-refractivity contribution in [3.05, 3.63) is 65.6 Å². The van der Waals surface area contributed by atoms with Gasteiger partial charge in [0.15, 0.2) is 5.82 Å². The fourth-order valence-electron chi connectivity index (χ4n) is 5.53. The molecule has 2 aliphatic rings. The summed E-state index contributed by atoms with van der Waals surface area (Å²) >= 11 is 6.50. The lowest BCUT2D eigenvalue weighted by Gasteiger charge is -2.35. The van der Waals surface area contributed by atoms with Gasteiger partial charge in [-0.25, -0.2) is 8.78 Å². The number of likely N-dealkylation sites (tertiary alicyclic amines) is 1. The first-order valence-corrected chi connectivity index (χ1v) is 14.0. The number of carbonyl (C=O) groups excluding carboxylic acids is 1. The molecule has 0 radical (unpaired) electrons. The van der Waals surface area contributed by atoms with Crippen LogP contribution in [0.4, 0.5) is 14.6 Å². The number of piperazine rings is 1. The molecular weight excluding hydrogens is 550 g/mol. The summed E-state index contributed by atoms with van der Waals surface area (Å²) in [6, 6.07) is 11.1. The summed E-state index contributed by atoms with van der Waals surface area (Å²) in [4.78, 5) is 31.9. The Morgan fingerprint density at radius 3 is 2.63 bits per heavy atom. The van der Waals surface area contributed by atoms with Crippen molar-refractivity contribution in [1.29, 1.82) is 0 Å². The summed E-state index contributed by atoms with van der Waals surface area (Å²) in [5.74, 6) is -0.178. The number of fused-ring (bicyclic) bond motifs is 2. The average Bonchev–Trinajstić information content (AvgIpc) is 3.41. The van der Waals surface area contributed by atoms with Crippen LogP contribution in [0.1, 0.15) is 6.42 Å². The molecule has 1 atom stereocenters. The molecule has 0 aliphatic carbocycles. The number of hydrogen-bond donors (Lipinski definition) is 0. The van der Waals surface area contributed by atoms with E-state index < -0.39 is 12.0 Å². The minimum Gasteiger partial charge on any atom is -0.467 e. The third-order valence-corrected chi connectivity index (χ3v) is 7.98. The minimum absolute atomic E-state index is 0.0402. The second kappa shape index (κ2) is 11.5. The third-order valence-electron chi connectivity index (χ3n) is 7.66. The number of rotatable bonds is 6. The lowest BCUT2D eigenvalue weighted by molar-refractivity contribution is -0.126. The van der Waals surface area contributed by atoms with Crippen LogP contribution in [0, 0.1) is 5.82 Å². The lowest BCUT2D eigenvalue weighted by atomic mass is 10.0. The number of amides is 1. The van der Waals surface area contributed by atoms with Crippen LogP contribution in [-0.2, 0) is 4.79 Å². The van der Waals surface area contributed by atoms with Gasteiger partial charge in [-0.15, -0.1) is 0 Å². The number of ether oxygens (including phenoxy) is 1. The van der Waals surface area contributed by atoms with E-state index >= 15 is 4.39 Å². The molecule has 212 valence electrons. The van der Waals surface area contributed by atoms with Crippen molar-refractivity contribution in [3.63, 3.8) is 0 Å². The van der Waals surface area contributed by atoms with Crippen LogP contribution in [-0.4, -0.2) is 89.8 Å². The Morgan fingerprint density at radius 1 is 1.12 bits per heavy atom. The van der Waals surface area contributed by atoms with Crippen LogP contribution < -0.4 is 9.64 Å². The van der Waals surface area contributed by atoms with Crippen molar-refractivity contribution in [2.24, 2.45) is 0 Å². The predicted octanol–water partition coefficient (Wildman–Crippen LogP) is 4.89.